The largest absolute Gasteiger partial charge is 0.487 e. The van der Waals surface area contributed by atoms with Crippen LogP contribution in [0, 0.1) is 12.8 Å². The molecule has 0 saturated carbocycles. The van der Waals surface area contributed by atoms with E-state index in [1.54, 1.807) is 13.0 Å². The minimum absolute atomic E-state index is 0.188. The second kappa shape index (κ2) is 7.90. The van der Waals surface area contributed by atoms with Gasteiger partial charge in [-0.1, -0.05) is 0 Å². The molecule has 3 heterocycles. The van der Waals surface area contributed by atoms with E-state index in [1.165, 1.54) is 11.0 Å². The molecule has 4 rings (SSSR count). The van der Waals surface area contributed by atoms with Crippen LogP contribution in [0.25, 0.3) is 11.0 Å². The van der Waals surface area contributed by atoms with E-state index in [-0.39, 0.29) is 24.7 Å². The number of amides is 1. The zero-order chi connectivity index (χ0) is 22.3. The van der Waals surface area contributed by atoms with E-state index in [1.807, 2.05) is 13.8 Å². The first-order chi connectivity index (χ1) is 14.6. The number of ether oxygens (including phenoxy) is 2. The van der Waals surface area contributed by atoms with Crippen LogP contribution < -0.4 is 15.1 Å². The van der Waals surface area contributed by atoms with Crippen LogP contribution in [0.15, 0.2) is 21.3 Å². The number of carboxylic acid groups (broad SMARTS) is 1. The number of rotatable bonds is 4. The number of benzene rings is 1. The summed E-state index contributed by atoms with van der Waals surface area (Å²) in [7, 11) is 0. The Bertz CT molecular complexity index is 1100. The molecule has 0 bridgehead atoms. The smallest absolute Gasteiger partial charge is 0.336 e. The molecule has 1 aromatic heterocycles. The lowest BCUT2D eigenvalue weighted by Crippen LogP contribution is -2.44. The molecule has 2 aliphatic rings. The van der Waals surface area contributed by atoms with Crippen molar-refractivity contribution in [2.75, 3.05) is 19.7 Å². The number of aliphatic carboxylic acids is 1. The zero-order valence-corrected chi connectivity index (χ0v) is 18.0. The molecule has 1 aromatic carbocycles. The number of carbonyl (C=O) groups is 2. The molecule has 1 atom stereocenters. The third kappa shape index (κ3) is 4.24. The minimum atomic E-state index is -0.885. The highest BCUT2D eigenvalue weighted by Crippen LogP contribution is 2.42. The fraction of sp³-hybridized carbons (Fsp3) is 0.522. The molecule has 2 aromatic rings. The number of nitrogens with zero attached hydrogens (tertiary/aromatic N) is 1. The van der Waals surface area contributed by atoms with E-state index < -0.39 is 17.5 Å². The standard InChI is InChI=1S/C23H27NO7/c1-13-9-19(26)30-21-15-6-7-23(2,3)31-16(15)10-17(20(13)21)29-12-18(25)24-8-4-5-14(11-24)22(27)28/h9-10,14H,4-8,11-12H2,1-3H3,(H,27,28). The van der Waals surface area contributed by atoms with Gasteiger partial charge in [-0.15, -0.1) is 0 Å². The highest BCUT2D eigenvalue weighted by atomic mass is 16.5. The Balaban J connectivity index is 1.64. The average molecular weight is 429 g/mol. The lowest BCUT2D eigenvalue weighted by Gasteiger charge is -2.33. The number of hydrogen-bond acceptors (Lipinski definition) is 6. The Labute approximate surface area is 179 Å². The second-order valence-corrected chi connectivity index (χ2v) is 8.97. The van der Waals surface area contributed by atoms with Gasteiger partial charge in [0.05, 0.1) is 11.3 Å². The maximum atomic E-state index is 12.7. The summed E-state index contributed by atoms with van der Waals surface area (Å²) in [5.41, 5.74) is 1.15. The van der Waals surface area contributed by atoms with Crippen LogP contribution in [0.3, 0.4) is 0 Å². The summed E-state index contributed by atoms with van der Waals surface area (Å²) in [4.78, 5) is 37.6. The van der Waals surface area contributed by atoms with E-state index in [4.69, 9.17) is 13.9 Å². The first-order valence-corrected chi connectivity index (χ1v) is 10.6. The number of carboxylic acids is 1. The predicted molar refractivity (Wildman–Crippen MR) is 113 cm³/mol. The molecule has 31 heavy (non-hydrogen) atoms. The number of fused-ring (bicyclic) bond motifs is 3. The Hall–Kier alpha value is -3.03. The Kier molecular flexibility index (Phi) is 5.41. The van der Waals surface area contributed by atoms with Crippen molar-refractivity contribution in [3.05, 3.63) is 33.7 Å². The van der Waals surface area contributed by atoms with Gasteiger partial charge < -0.3 is 23.9 Å². The monoisotopic (exact) mass is 429 g/mol. The van der Waals surface area contributed by atoms with Crippen LogP contribution in [0.1, 0.15) is 44.2 Å². The van der Waals surface area contributed by atoms with Crippen molar-refractivity contribution in [2.24, 2.45) is 5.92 Å². The van der Waals surface area contributed by atoms with Gasteiger partial charge in [-0.05, 0) is 52.0 Å². The highest BCUT2D eigenvalue weighted by molar-refractivity contribution is 5.91. The molecule has 166 valence electrons. The Morgan fingerprint density at radius 3 is 2.84 bits per heavy atom. The van der Waals surface area contributed by atoms with Gasteiger partial charge in [-0.3, -0.25) is 9.59 Å². The molecular formula is C23H27NO7. The van der Waals surface area contributed by atoms with Crippen molar-refractivity contribution >= 4 is 22.8 Å². The van der Waals surface area contributed by atoms with Crippen molar-refractivity contribution in [1.82, 2.24) is 4.90 Å². The van der Waals surface area contributed by atoms with Crippen molar-refractivity contribution in [3.8, 4) is 11.5 Å². The topological polar surface area (TPSA) is 106 Å². The summed E-state index contributed by atoms with van der Waals surface area (Å²) >= 11 is 0. The Morgan fingerprint density at radius 1 is 1.32 bits per heavy atom. The van der Waals surface area contributed by atoms with Crippen LogP contribution in [0.2, 0.25) is 0 Å². The quantitative estimate of drug-likeness (QED) is 0.745. The normalized spacial score (nSPS) is 20.1. The maximum absolute atomic E-state index is 12.7. The zero-order valence-electron chi connectivity index (χ0n) is 18.0. The van der Waals surface area contributed by atoms with Crippen molar-refractivity contribution in [2.45, 2.75) is 52.1 Å². The summed E-state index contributed by atoms with van der Waals surface area (Å²) in [6, 6.07) is 3.16. The summed E-state index contributed by atoms with van der Waals surface area (Å²) in [6.07, 6.45) is 2.71. The van der Waals surface area contributed by atoms with Crippen molar-refractivity contribution in [3.63, 3.8) is 0 Å². The van der Waals surface area contributed by atoms with Gasteiger partial charge in [0, 0.05) is 30.8 Å². The van der Waals surface area contributed by atoms with Gasteiger partial charge in [0.2, 0.25) is 0 Å². The van der Waals surface area contributed by atoms with Gasteiger partial charge in [0.1, 0.15) is 22.7 Å². The molecule has 1 amide bonds. The van der Waals surface area contributed by atoms with Crippen LogP contribution >= 0.6 is 0 Å². The summed E-state index contributed by atoms with van der Waals surface area (Å²) in [6.45, 7) is 6.26. The van der Waals surface area contributed by atoms with E-state index in [0.717, 1.165) is 12.0 Å². The maximum Gasteiger partial charge on any atom is 0.336 e. The first kappa shape index (κ1) is 21.2. The molecule has 1 N–H and O–H groups in total. The molecule has 8 heteroatoms. The van der Waals surface area contributed by atoms with Gasteiger partial charge in [0.15, 0.2) is 6.61 Å². The molecule has 1 saturated heterocycles. The molecule has 1 unspecified atom stereocenters. The number of aryl methyl sites for hydroxylation is 2. The van der Waals surface area contributed by atoms with E-state index in [0.29, 0.717) is 53.8 Å². The summed E-state index contributed by atoms with van der Waals surface area (Å²) in [5, 5.41) is 9.90. The lowest BCUT2D eigenvalue weighted by atomic mass is 9.92. The average Bonchev–Trinajstić information content (AvgIpc) is 2.70. The highest BCUT2D eigenvalue weighted by Gasteiger charge is 2.31. The summed E-state index contributed by atoms with van der Waals surface area (Å²) < 4.78 is 17.6. The van der Waals surface area contributed by atoms with Crippen LogP contribution in [-0.4, -0.2) is 47.2 Å². The summed E-state index contributed by atoms with van der Waals surface area (Å²) in [5.74, 6) is -0.705. The fourth-order valence-corrected chi connectivity index (χ4v) is 4.37. The number of carbonyl (C=O) groups excluding carboxylic acids is 1. The molecule has 0 spiro atoms. The second-order valence-electron chi connectivity index (χ2n) is 8.97. The third-order valence-corrected chi connectivity index (χ3v) is 6.08. The predicted octanol–water partition coefficient (Wildman–Crippen LogP) is 2.91. The van der Waals surface area contributed by atoms with Gasteiger partial charge in [-0.2, -0.15) is 0 Å². The van der Waals surface area contributed by atoms with Crippen LogP contribution in [0.4, 0.5) is 0 Å². The third-order valence-electron chi connectivity index (χ3n) is 6.08. The van der Waals surface area contributed by atoms with E-state index in [2.05, 4.69) is 0 Å². The number of piperidine rings is 1. The van der Waals surface area contributed by atoms with Crippen molar-refractivity contribution < 1.29 is 28.6 Å². The molecule has 0 aliphatic carbocycles. The molecule has 8 nitrogen and oxygen atoms in total. The Morgan fingerprint density at radius 2 is 2.10 bits per heavy atom. The molecule has 0 radical (unpaired) electrons. The molecular weight excluding hydrogens is 402 g/mol. The number of hydrogen-bond donors (Lipinski definition) is 1. The van der Waals surface area contributed by atoms with Gasteiger partial charge in [-0.25, -0.2) is 4.79 Å². The lowest BCUT2D eigenvalue weighted by molar-refractivity contribution is -0.146. The minimum Gasteiger partial charge on any atom is -0.487 e. The fourth-order valence-electron chi connectivity index (χ4n) is 4.37. The van der Waals surface area contributed by atoms with Crippen molar-refractivity contribution in [1.29, 1.82) is 0 Å². The molecule has 2 aliphatic heterocycles. The van der Waals surface area contributed by atoms with E-state index in [9.17, 15) is 19.5 Å². The van der Waals surface area contributed by atoms with Gasteiger partial charge in [0.25, 0.3) is 5.91 Å². The van der Waals surface area contributed by atoms with Crippen LogP contribution in [0.5, 0.6) is 11.5 Å². The SMILES string of the molecule is Cc1cc(=O)oc2c3c(cc(OCC(=O)N4CCCC(C(=O)O)C4)c12)OC(C)(C)CC3. The number of likely N-dealkylation sites (tertiary alicyclic amines) is 1. The van der Waals surface area contributed by atoms with E-state index >= 15 is 0 Å². The van der Waals surface area contributed by atoms with Gasteiger partial charge >= 0.3 is 11.6 Å². The first-order valence-electron chi connectivity index (χ1n) is 10.6. The van der Waals surface area contributed by atoms with Crippen LogP contribution in [-0.2, 0) is 16.0 Å². The molecule has 1 fully saturated rings.